The van der Waals surface area contributed by atoms with Crippen LogP contribution in [-0.4, -0.2) is 60.9 Å². The maximum absolute atomic E-state index is 12.8. The first kappa shape index (κ1) is 16.4. The fourth-order valence-corrected chi connectivity index (χ4v) is 5.13. The van der Waals surface area contributed by atoms with Crippen molar-refractivity contribution in [1.29, 1.82) is 0 Å². The van der Waals surface area contributed by atoms with Crippen molar-refractivity contribution in [2.24, 2.45) is 23.7 Å². The summed E-state index contributed by atoms with van der Waals surface area (Å²) in [6, 6.07) is 0. The molecule has 4 rings (SSSR count). The van der Waals surface area contributed by atoms with Crippen molar-refractivity contribution in [3.63, 3.8) is 0 Å². The normalized spacial score (nSPS) is 33.5. The van der Waals surface area contributed by atoms with Crippen molar-refractivity contribution in [2.45, 2.75) is 44.9 Å². The smallest absolute Gasteiger partial charge is 0.226 e. The Morgan fingerprint density at radius 1 is 0.958 bits per heavy atom. The molecule has 0 aromatic heterocycles. The highest BCUT2D eigenvalue weighted by Crippen LogP contribution is 2.48. The van der Waals surface area contributed by atoms with E-state index in [1.165, 1.54) is 25.7 Å². The van der Waals surface area contributed by atoms with Gasteiger partial charge in [-0.25, -0.2) is 0 Å². The number of amides is 2. The number of hydrogen-bond donors (Lipinski definition) is 1. The standard InChI is InChI=1S/C19H31N3O2/c23-18(15-2-1-3-15)20-6-7-21-8-10-22(11-9-21)19(24)17-13-14-4-5-16(17)12-14/h14-17H,1-13H2,(H,20,23)/t14-,16-,17+/m0/s1. The van der Waals surface area contributed by atoms with E-state index in [1.54, 1.807) is 0 Å². The van der Waals surface area contributed by atoms with Crippen molar-refractivity contribution in [1.82, 2.24) is 15.1 Å². The van der Waals surface area contributed by atoms with Crippen LogP contribution in [0.15, 0.2) is 0 Å². The zero-order chi connectivity index (χ0) is 16.5. The van der Waals surface area contributed by atoms with Crippen LogP contribution in [-0.2, 0) is 9.59 Å². The number of piperazine rings is 1. The van der Waals surface area contributed by atoms with Crippen molar-refractivity contribution >= 4 is 11.8 Å². The summed E-state index contributed by atoms with van der Waals surface area (Å²) in [7, 11) is 0. The van der Waals surface area contributed by atoms with Gasteiger partial charge >= 0.3 is 0 Å². The van der Waals surface area contributed by atoms with E-state index in [0.29, 0.717) is 17.7 Å². The summed E-state index contributed by atoms with van der Waals surface area (Å²) in [5.41, 5.74) is 0. The Labute approximate surface area is 145 Å². The fourth-order valence-electron chi connectivity index (χ4n) is 5.13. The lowest BCUT2D eigenvalue weighted by atomic mass is 9.85. The van der Waals surface area contributed by atoms with Gasteiger partial charge in [0.2, 0.25) is 11.8 Å². The van der Waals surface area contributed by atoms with Gasteiger partial charge in [0.25, 0.3) is 0 Å². The average Bonchev–Trinajstić information content (AvgIpc) is 3.16. The molecule has 0 aromatic rings. The third-order valence-electron chi connectivity index (χ3n) is 6.94. The van der Waals surface area contributed by atoms with Gasteiger partial charge in [-0.15, -0.1) is 0 Å². The Morgan fingerprint density at radius 3 is 2.33 bits per heavy atom. The van der Waals surface area contributed by atoms with Gasteiger partial charge in [-0.3, -0.25) is 14.5 Å². The molecule has 5 nitrogen and oxygen atoms in total. The van der Waals surface area contributed by atoms with E-state index in [1.807, 2.05) is 0 Å². The van der Waals surface area contributed by atoms with Gasteiger partial charge in [-0.2, -0.15) is 0 Å². The molecule has 3 atom stereocenters. The second kappa shape index (κ2) is 7.03. The second-order valence-electron chi connectivity index (χ2n) is 8.37. The number of nitrogens with zero attached hydrogens (tertiary/aromatic N) is 2. The molecule has 3 aliphatic carbocycles. The molecule has 2 bridgehead atoms. The average molecular weight is 333 g/mol. The van der Waals surface area contributed by atoms with Gasteiger partial charge in [0.15, 0.2) is 0 Å². The molecule has 3 saturated carbocycles. The van der Waals surface area contributed by atoms with Gasteiger partial charge in [-0.1, -0.05) is 12.8 Å². The molecule has 1 aliphatic heterocycles. The first-order valence-corrected chi connectivity index (χ1v) is 9.99. The van der Waals surface area contributed by atoms with Crippen LogP contribution in [0.5, 0.6) is 0 Å². The zero-order valence-corrected chi connectivity index (χ0v) is 14.7. The largest absolute Gasteiger partial charge is 0.355 e. The number of carbonyl (C=O) groups is 2. The van der Waals surface area contributed by atoms with Crippen LogP contribution in [0.25, 0.3) is 0 Å². The molecule has 2 amide bonds. The third kappa shape index (κ3) is 3.32. The predicted octanol–water partition coefficient (Wildman–Crippen LogP) is 1.48. The number of hydrogen-bond acceptors (Lipinski definition) is 3. The summed E-state index contributed by atoms with van der Waals surface area (Å²) in [6.45, 7) is 5.29. The SMILES string of the molecule is O=C(NCCN1CCN(C(=O)[C@@H]2C[C@H]3CC[C@H]2C3)CC1)C1CCC1. The topological polar surface area (TPSA) is 52.7 Å². The molecule has 4 fully saturated rings. The quantitative estimate of drug-likeness (QED) is 0.829. The highest BCUT2D eigenvalue weighted by Gasteiger charge is 2.44. The predicted molar refractivity (Wildman–Crippen MR) is 92.3 cm³/mol. The van der Waals surface area contributed by atoms with Gasteiger partial charge in [0.1, 0.15) is 0 Å². The number of nitrogens with one attached hydrogen (secondary N) is 1. The van der Waals surface area contributed by atoms with Crippen LogP contribution in [0, 0.1) is 23.7 Å². The Hall–Kier alpha value is -1.10. The highest BCUT2D eigenvalue weighted by molar-refractivity contribution is 5.80. The Kier molecular flexibility index (Phi) is 4.79. The maximum Gasteiger partial charge on any atom is 0.226 e. The summed E-state index contributed by atoms with van der Waals surface area (Å²) >= 11 is 0. The second-order valence-corrected chi connectivity index (χ2v) is 8.37. The van der Waals surface area contributed by atoms with Crippen LogP contribution in [0.4, 0.5) is 0 Å². The molecule has 1 heterocycles. The summed E-state index contributed by atoms with van der Waals surface area (Å²) in [5, 5.41) is 3.07. The number of fused-ring (bicyclic) bond motifs is 2. The molecule has 1 N–H and O–H groups in total. The molecule has 24 heavy (non-hydrogen) atoms. The third-order valence-corrected chi connectivity index (χ3v) is 6.94. The van der Waals surface area contributed by atoms with Crippen molar-refractivity contribution in [3.8, 4) is 0 Å². The lowest BCUT2D eigenvalue weighted by Crippen LogP contribution is -2.52. The number of rotatable bonds is 5. The van der Waals surface area contributed by atoms with E-state index < -0.39 is 0 Å². The molecule has 5 heteroatoms. The van der Waals surface area contributed by atoms with Gasteiger partial charge in [0.05, 0.1) is 0 Å². The van der Waals surface area contributed by atoms with Crippen LogP contribution in [0.1, 0.15) is 44.9 Å². The van der Waals surface area contributed by atoms with Crippen LogP contribution >= 0.6 is 0 Å². The molecule has 0 aromatic carbocycles. The van der Waals surface area contributed by atoms with E-state index >= 15 is 0 Å². The monoisotopic (exact) mass is 333 g/mol. The summed E-state index contributed by atoms with van der Waals surface area (Å²) < 4.78 is 0. The molecule has 0 unspecified atom stereocenters. The van der Waals surface area contributed by atoms with Crippen LogP contribution < -0.4 is 5.32 Å². The summed E-state index contributed by atoms with van der Waals surface area (Å²) in [5.74, 6) is 2.80. The first-order valence-electron chi connectivity index (χ1n) is 9.99. The molecular weight excluding hydrogens is 302 g/mol. The molecule has 134 valence electrons. The molecule has 0 spiro atoms. The molecular formula is C19H31N3O2. The van der Waals surface area contributed by atoms with Crippen LogP contribution in [0.2, 0.25) is 0 Å². The molecule has 1 saturated heterocycles. The minimum Gasteiger partial charge on any atom is -0.355 e. The van der Waals surface area contributed by atoms with Crippen LogP contribution in [0.3, 0.4) is 0 Å². The summed E-state index contributed by atoms with van der Waals surface area (Å²) in [6.07, 6.45) is 8.42. The van der Waals surface area contributed by atoms with Crippen molar-refractivity contribution in [2.75, 3.05) is 39.3 Å². The molecule has 4 aliphatic rings. The minimum absolute atomic E-state index is 0.242. The molecule has 0 radical (unpaired) electrons. The maximum atomic E-state index is 12.8. The Balaban J connectivity index is 1.15. The minimum atomic E-state index is 0.242. The van der Waals surface area contributed by atoms with Gasteiger partial charge < -0.3 is 10.2 Å². The van der Waals surface area contributed by atoms with E-state index in [4.69, 9.17) is 0 Å². The van der Waals surface area contributed by atoms with Gasteiger partial charge in [0, 0.05) is 51.1 Å². The summed E-state index contributed by atoms with van der Waals surface area (Å²) in [4.78, 5) is 29.1. The highest BCUT2D eigenvalue weighted by atomic mass is 16.2. The zero-order valence-electron chi connectivity index (χ0n) is 14.7. The fraction of sp³-hybridized carbons (Fsp3) is 0.895. The number of carbonyl (C=O) groups excluding carboxylic acids is 2. The Bertz CT molecular complexity index is 483. The van der Waals surface area contributed by atoms with Crippen molar-refractivity contribution in [3.05, 3.63) is 0 Å². The first-order chi connectivity index (χ1) is 11.7. The van der Waals surface area contributed by atoms with E-state index in [9.17, 15) is 9.59 Å². The van der Waals surface area contributed by atoms with Gasteiger partial charge in [-0.05, 0) is 43.9 Å². The lowest BCUT2D eigenvalue weighted by molar-refractivity contribution is -0.139. The van der Waals surface area contributed by atoms with E-state index in [0.717, 1.165) is 64.4 Å². The van der Waals surface area contributed by atoms with E-state index in [2.05, 4.69) is 15.1 Å². The lowest BCUT2D eigenvalue weighted by Gasteiger charge is -2.37. The Morgan fingerprint density at radius 2 is 1.75 bits per heavy atom. The van der Waals surface area contributed by atoms with Crippen molar-refractivity contribution < 1.29 is 9.59 Å². The van der Waals surface area contributed by atoms with E-state index in [-0.39, 0.29) is 11.8 Å².